The van der Waals surface area contributed by atoms with E-state index in [4.69, 9.17) is 9.73 Å². The molecule has 0 aromatic heterocycles. The first-order valence-corrected chi connectivity index (χ1v) is 12.5. The van der Waals surface area contributed by atoms with Crippen LogP contribution in [0.1, 0.15) is 56.6 Å². The molecule has 7 nitrogen and oxygen atoms in total. The summed E-state index contributed by atoms with van der Waals surface area (Å²) >= 11 is 0. The van der Waals surface area contributed by atoms with Gasteiger partial charge in [-0.2, -0.15) is 0 Å². The standard InChI is InChI=1S/C28H35N3O4/c1-4-5-11-24(32)22(16-18-12-13-18)27(33)30-26-28(34)31(2)23-15-14-20(35-3)17-21(23)25(29-26)19-9-7-6-8-10-19/h6-10,14-15,17-18,22,24,26,32H,4-5,11-13,16H2,1-3H3,(H,30,33)/t22-,24+,26?/m1/s1. The Hall–Kier alpha value is -3.19. The number of carbonyl (C=O) groups excluding carboxylic acids is 2. The van der Waals surface area contributed by atoms with E-state index in [9.17, 15) is 14.7 Å². The number of amides is 2. The smallest absolute Gasteiger partial charge is 0.272 e. The topological polar surface area (TPSA) is 91.2 Å². The van der Waals surface area contributed by atoms with Crippen molar-refractivity contribution in [3.05, 3.63) is 59.7 Å². The highest BCUT2D eigenvalue weighted by Gasteiger charge is 2.37. The highest BCUT2D eigenvalue weighted by molar-refractivity contribution is 6.20. The molecule has 1 aliphatic heterocycles. The first-order valence-electron chi connectivity index (χ1n) is 12.5. The third-order valence-electron chi connectivity index (χ3n) is 6.91. The second-order valence-electron chi connectivity index (χ2n) is 9.53. The maximum absolute atomic E-state index is 13.5. The molecule has 2 aromatic carbocycles. The van der Waals surface area contributed by atoms with Gasteiger partial charge < -0.3 is 20.1 Å². The molecule has 0 radical (unpaired) electrons. The number of aliphatic hydroxyl groups is 1. The van der Waals surface area contributed by atoms with Crippen LogP contribution in [-0.2, 0) is 9.59 Å². The summed E-state index contributed by atoms with van der Waals surface area (Å²) in [5.41, 5.74) is 2.88. The summed E-state index contributed by atoms with van der Waals surface area (Å²) in [6.45, 7) is 2.06. The molecule has 4 rings (SSSR count). The number of nitrogens with zero attached hydrogens (tertiary/aromatic N) is 2. The van der Waals surface area contributed by atoms with E-state index in [2.05, 4.69) is 12.2 Å². The molecular weight excluding hydrogens is 442 g/mol. The zero-order chi connectivity index (χ0) is 24.9. The number of methoxy groups -OCH3 is 1. The zero-order valence-electron chi connectivity index (χ0n) is 20.7. The molecule has 2 N–H and O–H groups in total. The number of benzene rings is 2. The average Bonchev–Trinajstić information content (AvgIpc) is 3.72. The van der Waals surface area contributed by atoms with Crippen molar-refractivity contribution in [2.45, 2.75) is 57.7 Å². The molecule has 0 spiro atoms. The minimum Gasteiger partial charge on any atom is -0.497 e. The highest BCUT2D eigenvalue weighted by atomic mass is 16.5. The molecule has 0 bridgehead atoms. The first kappa shape index (κ1) is 24.9. The maximum Gasteiger partial charge on any atom is 0.272 e. The number of aliphatic hydroxyl groups excluding tert-OH is 1. The molecule has 0 saturated heterocycles. The van der Waals surface area contributed by atoms with Crippen LogP contribution >= 0.6 is 0 Å². The van der Waals surface area contributed by atoms with Crippen molar-refractivity contribution in [3.8, 4) is 5.75 Å². The molecular formula is C28H35N3O4. The number of nitrogens with one attached hydrogen (secondary N) is 1. The van der Waals surface area contributed by atoms with Crippen LogP contribution < -0.4 is 15.0 Å². The third-order valence-corrected chi connectivity index (χ3v) is 6.91. The van der Waals surface area contributed by atoms with E-state index in [1.807, 2.05) is 42.5 Å². The molecule has 2 aromatic rings. The Morgan fingerprint density at radius 2 is 1.97 bits per heavy atom. The molecule has 3 atom stereocenters. The first-order chi connectivity index (χ1) is 16.9. The maximum atomic E-state index is 13.5. The monoisotopic (exact) mass is 477 g/mol. The van der Waals surface area contributed by atoms with E-state index in [0.29, 0.717) is 35.9 Å². The third kappa shape index (κ3) is 5.73. The van der Waals surface area contributed by atoms with E-state index < -0.39 is 18.2 Å². The molecule has 7 heteroatoms. The fraction of sp³-hybridized carbons (Fsp3) is 0.464. The fourth-order valence-electron chi connectivity index (χ4n) is 4.61. The highest BCUT2D eigenvalue weighted by Crippen LogP contribution is 2.37. The van der Waals surface area contributed by atoms with Gasteiger partial charge in [0.15, 0.2) is 0 Å². The Morgan fingerprint density at radius 1 is 1.23 bits per heavy atom. The van der Waals surface area contributed by atoms with Crippen LogP contribution in [0.2, 0.25) is 0 Å². The van der Waals surface area contributed by atoms with Crippen LogP contribution in [0.25, 0.3) is 0 Å². The molecule has 1 aliphatic carbocycles. The summed E-state index contributed by atoms with van der Waals surface area (Å²) in [5, 5.41) is 13.7. The molecule has 1 heterocycles. The number of anilines is 1. The van der Waals surface area contributed by atoms with Gasteiger partial charge in [-0.05, 0) is 37.0 Å². The van der Waals surface area contributed by atoms with Gasteiger partial charge in [-0.3, -0.25) is 9.59 Å². The molecule has 1 saturated carbocycles. The number of carbonyl (C=O) groups is 2. The van der Waals surface area contributed by atoms with Crippen molar-refractivity contribution in [1.29, 1.82) is 0 Å². The number of hydrogen-bond acceptors (Lipinski definition) is 5. The SMILES string of the molecule is CCCC[C@H](O)[C@@H](CC1CC1)C(=O)NC1N=C(c2ccccc2)c2cc(OC)ccc2N(C)C1=O. The van der Waals surface area contributed by atoms with Crippen molar-refractivity contribution in [3.63, 3.8) is 0 Å². The van der Waals surface area contributed by atoms with Crippen LogP contribution in [0.4, 0.5) is 5.69 Å². The van der Waals surface area contributed by atoms with Crippen LogP contribution in [0.3, 0.4) is 0 Å². The Bertz CT molecular complexity index is 1080. The largest absolute Gasteiger partial charge is 0.497 e. The quantitative estimate of drug-likeness (QED) is 0.543. The number of hydrogen-bond donors (Lipinski definition) is 2. The summed E-state index contributed by atoms with van der Waals surface area (Å²) in [5.74, 6) is -0.0713. The van der Waals surface area contributed by atoms with E-state index in [0.717, 1.165) is 36.8 Å². The average molecular weight is 478 g/mol. The second-order valence-corrected chi connectivity index (χ2v) is 9.53. The van der Waals surface area contributed by atoms with Crippen molar-refractivity contribution in [2.75, 3.05) is 19.1 Å². The van der Waals surface area contributed by atoms with Crippen LogP contribution in [0.15, 0.2) is 53.5 Å². The number of benzodiazepines with no additional fused rings is 1. The number of ether oxygens (including phenoxy) is 1. The van der Waals surface area contributed by atoms with Crippen molar-refractivity contribution in [1.82, 2.24) is 5.32 Å². The lowest BCUT2D eigenvalue weighted by Gasteiger charge is -2.25. The Labute approximate surface area is 207 Å². The van der Waals surface area contributed by atoms with Gasteiger partial charge in [0.1, 0.15) is 5.75 Å². The normalized spacial score (nSPS) is 19.3. The van der Waals surface area contributed by atoms with Gasteiger partial charge in [0.2, 0.25) is 12.1 Å². The van der Waals surface area contributed by atoms with Gasteiger partial charge in [-0.1, -0.05) is 62.9 Å². The van der Waals surface area contributed by atoms with E-state index in [1.54, 1.807) is 20.2 Å². The fourth-order valence-corrected chi connectivity index (χ4v) is 4.61. The van der Waals surface area contributed by atoms with Gasteiger partial charge in [-0.25, -0.2) is 4.99 Å². The van der Waals surface area contributed by atoms with E-state index in [-0.39, 0.29) is 11.8 Å². The molecule has 1 unspecified atom stereocenters. The van der Waals surface area contributed by atoms with Crippen LogP contribution in [0, 0.1) is 11.8 Å². The van der Waals surface area contributed by atoms with Crippen molar-refractivity contribution >= 4 is 23.2 Å². The molecule has 2 aliphatic rings. The Kier molecular flexibility index (Phi) is 7.86. The van der Waals surface area contributed by atoms with Gasteiger partial charge in [0, 0.05) is 18.2 Å². The summed E-state index contributed by atoms with van der Waals surface area (Å²) in [6, 6.07) is 15.1. The lowest BCUT2D eigenvalue weighted by Crippen LogP contribution is -2.49. The van der Waals surface area contributed by atoms with Gasteiger partial charge in [0.25, 0.3) is 5.91 Å². The Morgan fingerprint density at radius 3 is 2.63 bits per heavy atom. The predicted octanol–water partition coefficient (Wildman–Crippen LogP) is 3.92. The predicted molar refractivity (Wildman–Crippen MR) is 137 cm³/mol. The minimum atomic E-state index is -1.10. The molecule has 186 valence electrons. The minimum absolute atomic E-state index is 0.313. The zero-order valence-corrected chi connectivity index (χ0v) is 20.7. The number of unbranched alkanes of at least 4 members (excludes halogenated alkanes) is 1. The number of rotatable bonds is 10. The summed E-state index contributed by atoms with van der Waals surface area (Å²) in [7, 11) is 3.29. The molecule has 35 heavy (non-hydrogen) atoms. The van der Waals surface area contributed by atoms with E-state index in [1.165, 1.54) is 4.90 Å². The Balaban J connectivity index is 1.69. The lowest BCUT2D eigenvalue weighted by molar-refractivity contribution is -0.133. The lowest BCUT2D eigenvalue weighted by atomic mass is 9.91. The van der Waals surface area contributed by atoms with Gasteiger partial charge >= 0.3 is 0 Å². The number of fused-ring (bicyclic) bond motifs is 1. The number of likely N-dealkylation sites (N-methyl/N-ethyl adjacent to an activating group) is 1. The van der Waals surface area contributed by atoms with Gasteiger partial charge in [-0.15, -0.1) is 0 Å². The van der Waals surface area contributed by atoms with Gasteiger partial charge in [0.05, 0.1) is 30.5 Å². The van der Waals surface area contributed by atoms with Crippen LogP contribution in [0.5, 0.6) is 5.75 Å². The molecule has 1 fully saturated rings. The van der Waals surface area contributed by atoms with Crippen molar-refractivity contribution in [2.24, 2.45) is 16.8 Å². The summed E-state index contributed by atoms with van der Waals surface area (Å²) in [4.78, 5) is 33.2. The number of aliphatic imine (C=N–C) groups is 1. The van der Waals surface area contributed by atoms with E-state index >= 15 is 0 Å². The summed E-state index contributed by atoms with van der Waals surface area (Å²) < 4.78 is 5.44. The summed E-state index contributed by atoms with van der Waals surface area (Å²) in [6.07, 6.45) is 3.37. The second kappa shape index (κ2) is 11.0. The van der Waals surface area contributed by atoms with Crippen LogP contribution in [-0.4, -0.2) is 49.1 Å². The molecule has 2 amide bonds. The van der Waals surface area contributed by atoms with Crippen molar-refractivity contribution < 1.29 is 19.4 Å².